The summed E-state index contributed by atoms with van der Waals surface area (Å²) in [6.07, 6.45) is 5.17. The van der Waals surface area contributed by atoms with Gasteiger partial charge in [0, 0.05) is 12.0 Å². The number of hydrogen-bond donors (Lipinski definition) is 1. The van der Waals surface area contributed by atoms with Crippen LogP contribution in [0.3, 0.4) is 0 Å². The van der Waals surface area contributed by atoms with Gasteiger partial charge in [0.15, 0.2) is 0 Å². The van der Waals surface area contributed by atoms with Crippen molar-refractivity contribution < 1.29 is 9.50 Å². The summed E-state index contributed by atoms with van der Waals surface area (Å²) in [5.41, 5.74) is 1.19. The highest BCUT2D eigenvalue weighted by Crippen LogP contribution is 2.45. The minimum Gasteiger partial charge on any atom is -0.390 e. The number of nitrogens with zero attached hydrogens (tertiary/aromatic N) is 1. The smallest absolute Gasteiger partial charge is 0.126 e. The van der Waals surface area contributed by atoms with E-state index in [9.17, 15) is 9.50 Å². The molecule has 2 nitrogen and oxygen atoms in total. The zero-order valence-corrected chi connectivity index (χ0v) is 15.9. The molecule has 3 atom stereocenters. The lowest BCUT2D eigenvalue weighted by Gasteiger charge is -2.46. The van der Waals surface area contributed by atoms with E-state index in [4.69, 9.17) is 0 Å². The van der Waals surface area contributed by atoms with Gasteiger partial charge in [0.05, 0.1) is 5.60 Å². The van der Waals surface area contributed by atoms with E-state index in [1.165, 1.54) is 11.6 Å². The third kappa shape index (κ3) is 4.16. The van der Waals surface area contributed by atoms with Crippen molar-refractivity contribution in [1.29, 1.82) is 0 Å². The normalized spacial score (nSPS) is 24.6. The lowest BCUT2D eigenvalue weighted by Crippen LogP contribution is -2.47. The van der Waals surface area contributed by atoms with Gasteiger partial charge in [-0.2, -0.15) is 0 Å². The van der Waals surface area contributed by atoms with Crippen molar-refractivity contribution in [3.63, 3.8) is 0 Å². The molecule has 1 saturated carbocycles. The molecule has 26 heavy (non-hydrogen) atoms. The van der Waals surface area contributed by atoms with Crippen LogP contribution in [0.25, 0.3) is 0 Å². The van der Waals surface area contributed by atoms with Gasteiger partial charge in [0.2, 0.25) is 0 Å². The molecule has 0 heterocycles. The molecule has 2 aromatic carbocycles. The van der Waals surface area contributed by atoms with Crippen LogP contribution in [0.15, 0.2) is 54.6 Å². The zero-order valence-electron chi connectivity index (χ0n) is 15.9. The Balaban J connectivity index is 1.84. The van der Waals surface area contributed by atoms with Crippen LogP contribution in [-0.4, -0.2) is 29.7 Å². The first-order valence-corrected chi connectivity index (χ1v) is 9.68. The fourth-order valence-corrected chi connectivity index (χ4v) is 4.60. The number of benzene rings is 2. The highest BCUT2D eigenvalue weighted by Gasteiger charge is 2.44. The Morgan fingerprint density at radius 3 is 2.46 bits per heavy atom. The number of rotatable bonds is 6. The van der Waals surface area contributed by atoms with E-state index >= 15 is 0 Å². The molecule has 3 rings (SSSR count). The minimum atomic E-state index is -0.759. The van der Waals surface area contributed by atoms with Crippen molar-refractivity contribution in [2.75, 3.05) is 14.1 Å². The van der Waals surface area contributed by atoms with Crippen LogP contribution in [-0.2, 0) is 6.42 Å². The Labute approximate surface area is 156 Å². The van der Waals surface area contributed by atoms with Gasteiger partial charge in [-0.3, -0.25) is 0 Å². The highest BCUT2D eigenvalue weighted by molar-refractivity contribution is 5.22. The molecule has 0 saturated heterocycles. The molecular formula is C23H30FNO. The molecule has 1 fully saturated rings. The van der Waals surface area contributed by atoms with E-state index in [1.807, 2.05) is 18.2 Å². The van der Waals surface area contributed by atoms with Crippen molar-refractivity contribution in [2.45, 2.75) is 50.2 Å². The Morgan fingerprint density at radius 2 is 1.77 bits per heavy atom. The van der Waals surface area contributed by atoms with Gasteiger partial charge in [-0.25, -0.2) is 4.39 Å². The predicted molar refractivity (Wildman–Crippen MR) is 104 cm³/mol. The number of halogens is 1. The summed E-state index contributed by atoms with van der Waals surface area (Å²) in [5, 5.41) is 11.6. The average molecular weight is 355 g/mol. The lowest BCUT2D eigenvalue weighted by atomic mass is 9.67. The van der Waals surface area contributed by atoms with Crippen LogP contribution in [0.1, 0.15) is 49.3 Å². The fourth-order valence-electron chi connectivity index (χ4n) is 4.60. The Bertz CT molecular complexity index is 702. The molecule has 0 radical (unpaired) electrons. The van der Waals surface area contributed by atoms with E-state index in [-0.39, 0.29) is 17.8 Å². The van der Waals surface area contributed by atoms with Crippen molar-refractivity contribution in [2.24, 2.45) is 5.92 Å². The molecule has 1 N–H and O–H groups in total. The van der Waals surface area contributed by atoms with Crippen LogP contribution in [0, 0.1) is 11.7 Å². The maximum Gasteiger partial charge on any atom is 0.126 e. The Hall–Kier alpha value is -1.71. The summed E-state index contributed by atoms with van der Waals surface area (Å²) in [4.78, 5) is 2.22. The van der Waals surface area contributed by atoms with E-state index in [0.29, 0.717) is 18.4 Å². The molecule has 0 spiro atoms. The van der Waals surface area contributed by atoms with E-state index in [0.717, 1.165) is 25.7 Å². The monoisotopic (exact) mass is 355 g/mol. The standard InChI is InChI=1S/C23H30FNO/c1-25(2)22(19-11-4-3-5-12-19)20-13-8-9-16-23(20,26)17-15-18-10-6-7-14-21(18)24/h3-7,10-12,14,20,22,26H,8-9,13,15-17H2,1-2H3. The third-order valence-electron chi connectivity index (χ3n) is 5.93. The van der Waals surface area contributed by atoms with Crippen LogP contribution in [0.5, 0.6) is 0 Å². The van der Waals surface area contributed by atoms with Gasteiger partial charge in [-0.1, -0.05) is 61.4 Å². The largest absolute Gasteiger partial charge is 0.390 e. The zero-order chi connectivity index (χ0) is 18.6. The minimum absolute atomic E-state index is 0.153. The quantitative estimate of drug-likeness (QED) is 0.790. The first kappa shape index (κ1) is 19.1. The summed E-state index contributed by atoms with van der Waals surface area (Å²) in [5.74, 6) is -0.0175. The Kier molecular flexibility index (Phi) is 6.10. The molecule has 1 aliphatic rings. The first-order valence-electron chi connectivity index (χ1n) is 9.68. The molecule has 1 aliphatic carbocycles. The molecular weight excluding hydrogens is 325 g/mol. The SMILES string of the molecule is CN(C)C(c1ccccc1)C1CCCCC1(O)CCc1ccccc1F. The molecule has 0 bridgehead atoms. The molecule has 0 aromatic heterocycles. The third-order valence-corrected chi connectivity index (χ3v) is 5.93. The van der Waals surface area contributed by atoms with Crippen molar-refractivity contribution in [3.8, 4) is 0 Å². The summed E-state index contributed by atoms with van der Waals surface area (Å²) in [6, 6.07) is 17.5. The summed E-state index contributed by atoms with van der Waals surface area (Å²) in [7, 11) is 4.17. The maximum atomic E-state index is 14.0. The van der Waals surface area contributed by atoms with Gasteiger partial charge >= 0.3 is 0 Å². The second-order valence-corrected chi connectivity index (χ2v) is 7.87. The van der Waals surface area contributed by atoms with Crippen LogP contribution in [0.2, 0.25) is 0 Å². The summed E-state index contributed by atoms with van der Waals surface area (Å²) < 4.78 is 14.0. The van der Waals surface area contributed by atoms with Crippen LogP contribution in [0.4, 0.5) is 4.39 Å². The fraction of sp³-hybridized carbons (Fsp3) is 0.478. The lowest BCUT2D eigenvalue weighted by molar-refractivity contribution is -0.0829. The number of aryl methyl sites for hydroxylation is 1. The second kappa shape index (κ2) is 8.32. The van der Waals surface area contributed by atoms with E-state index < -0.39 is 5.60 Å². The van der Waals surface area contributed by atoms with E-state index in [2.05, 4.69) is 43.3 Å². The molecule has 3 unspecified atom stereocenters. The molecule has 0 amide bonds. The van der Waals surface area contributed by atoms with Crippen LogP contribution < -0.4 is 0 Å². The van der Waals surface area contributed by atoms with Gasteiger partial charge in [0.25, 0.3) is 0 Å². The molecule has 2 aromatic rings. The second-order valence-electron chi connectivity index (χ2n) is 7.87. The first-order chi connectivity index (χ1) is 12.5. The average Bonchev–Trinajstić information content (AvgIpc) is 2.64. The highest BCUT2D eigenvalue weighted by atomic mass is 19.1. The number of aliphatic hydroxyl groups is 1. The summed E-state index contributed by atoms with van der Waals surface area (Å²) in [6.45, 7) is 0. The van der Waals surface area contributed by atoms with Crippen LogP contribution >= 0.6 is 0 Å². The van der Waals surface area contributed by atoms with Crippen molar-refractivity contribution >= 4 is 0 Å². The summed E-state index contributed by atoms with van der Waals surface area (Å²) >= 11 is 0. The molecule has 0 aliphatic heterocycles. The predicted octanol–water partition coefficient (Wildman–Crippen LogP) is 4.98. The Morgan fingerprint density at radius 1 is 1.08 bits per heavy atom. The van der Waals surface area contributed by atoms with Gasteiger partial charge < -0.3 is 10.0 Å². The molecule has 140 valence electrons. The van der Waals surface area contributed by atoms with E-state index in [1.54, 1.807) is 6.07 Å². The topological polar surface area (TPSA) is 23.5 Å². The van der Waals surface area contributed by atoms with Crippen molar-refractivity contribution in [3.05, 3.63) is 71.5 Å². The van der Waals surface area contributed by atoms with Gasteiger partial charge in [-0.05, 0) is 57.0 Å². The van der Waals surface area contributed by atoms with Gasteiger partial charge in [-0.15, -0.1) is 0 Å². The maximum absolute atomic E-state index is 14.0. The van der Waals surface area contributed by atoms with Crippen molar-refractivity contribution in [1.82, 2.24) is 4.90 Å². The number of hydrogen-bond acceptors (Lipinski definition) is 2. The van der Waals surface area contributed by atoms with Gasteiger partial charge in [0.1, 0.15) is 5.82 Å². The molecule has 3 heteroatoms.